The van der Waals surface area contributed by atoms with Gasteiger partial charge in [0.1, 0.15) is 10.7 Å². The molecule has 0 amide bonds. The number of anilines is 1. The predicted octanol–water partition coefficient (Wildman–Crippen LogP) is 3.43. The second kappa shape index (κ2) is 6.19. The third kappa shape index (κ3) is 3.65. The van der Waals surface area contributed by atoms with Crippen molar-refractivity contribution in [2.75, 3.05) is 4.72 Å². The Morgan fingerprint density at radius 2 is 1.71 bits per heavy atom. The zero-order valence-corrected chi connectivity index (χ0v) is 12.8. The van der Waals surface area contributed by atoms with Crippen LogP contribution in [0.25, 0.3) is 0 Å². The Morgan fingerprint density at radius 1 is 1.10 bits per heavy atom. The van der Waals surface area contributed by atoms with Crippen molar-refractivity contribution >= 4 is 38.9 Å². The van der Waals surface area contributed by atoms with E-state index >= 15 is 0 Å². The highest BCUT2D eigenvalue weighted by molar-refractivity contribution is 7.92. The summed E-state index contributed by atoms with van der Waals surface area (Å²) in [7, 11) is -4.18. The average Bonchev–Trinajstić information content (AvgIpc) is 2.43. The van der Waals surface area contributed by atoms with Gasteiger partial charge >= 0.3 is 0 Å². The molecule has 0 bridgehead atoms. The van der Waals surface area contributed by atoms with E-state index in [9.17, 15) is 12.8 Å². The molecule has 2 N–H and O–H groups in total. The fraction of sp³-hybridized carbons (Fsp3) is 0.0769. The highest BCUT2D eigenvalue weighted by atomic mass is 35.5. The van der Waals surface area contributed by atoms with Crippen molar-refractivity contribution in [2.45, 2.75) is 11.5 Å². The minimum absolute atomic E-state index is 0.0110. The Labute approximate surface area is 131 Å². The van der Waals surface area contributed by atoms with Gasteiger partial charge in [-0.3, -0.25) is 4.72 Å². The van der Waals surface area contributed by atoms with Crippen LogP contribution in [0.4, 0.5) is 10.1 Å². The van der Waals surface area contributed by atoms with Crippen molar-refractivity contribution in [2.24, 2.45) is 0 Å². The summed E-state index contributed by atoms with van der Waals surface area (Å²) in [6.45, 7) is -0.657. The molecular formula is C13H10Cl2FNO3S. The zero-order valence-electron chi connectivity index (χ0n) is 10.5. The Kier molecular flexibility index (Phi) is 4.73. The van der Waals surface area contributed by atoms with Crippen LogP contribution in [0.15, 0.2) is 41.3 Å². The third-order valence-electron chi connectivity index (χ3n) is 2.64. The molecule has 0 aliphatic heterocycles. The highest BCUT2D eigenvalue weighted by Gasteiger charge is 2.22. The molecule has 0 spiro atoms. The van der Waals surface area contributed by atoms with Crippen molar-refractivity contribution in [1.29, 1.82) is 0 Å². The van der Waals surface area contributed by atoms with Crippen LogP contribution < -0.4 is 4.72 Å². The number of sulfonamides is 1. The quantitative estimate of drug-likeness (QED) is 0.888. The van der Waals surface area contributed by atoms with Crippen molar-refractivity contribution in [3.8, 4) is 0 Å². The lowest BCUT2D eigenvalue weighted by Crippen LogP contribution is -2.15. The summed E-state index contributed by atoms with van der Waals surface area (Å²) in [5.41, 5.74) is 0.0308. The molecule has 0 heterocycles. The maximum atomic E-state index is 14.1. The van der Waals surface area contributed by atoms with Crippen molar-refractivity contribution in [1.82, 2.24) is 0 Å². The van der Waals surface area contributed by atoms with Gasteiger partial charge in [0.2, 0.25) is 0 Å². The second-order valence-electron chi connectivity index (χ2n) is 4.15. The number of aliphatic hydroxyl groups excluding tert-OH is 1. The van der Waals surface area contributed by atoms with E-state index in [1.807, 2.05) is 0 Å². The Balaban J connectivity index is 2.44. The molecule has 21 heavy (non-hydrogen) atoms. The van der Waals surface area contributed by atoms with Gasteiger partial charge in [-0.25, -0.2) is 12.8 Å². The Morgan fingerprint density at radius 3 is 2.29 bits per heavy atom. The van der Waals surface area contributed by atoms with Gasteiger partial charge in [0.05, 0.1) is 6.61 Å². The zero-order chi connectivity index (χ0) is 15.6. The van der Waals surface area contributed by atoms with E-state index in [-0.39, 0.29) is 16.3 Å². The molecule has 2 rings (SSSR count). The van der Waals surface area contributed by atoms with Gasteiger partial charge in [-0.1, -0.05) is 23.2 Å². The summed E-state index contributed by atoms with van der Waals surface area (Å²) in [4.78, 5) is -0.631. The molecule has 112 valence electrons. The Bertz CT molecular complexity index is 764. The number of benzene rings is 2. The monoisotopic (exact) mass is 349 g/mol. The van der Waals surface area contributed by atoms with Crippen LogP contribution in [0.2, 0.25) is 10.0 Å². The van der Waals surface area contributed by atoms with Crippen LogP contribution >= 0.6 is 23.2 Å². The van der Waals surface area contributed by atoms with Gasteiger partial charge in [0, 0.05) is 21.3 Å². The number of hydrogen-bond donors (Lipinski definition) is 2. The van der Waals surface area contributed by atoms with Crippen molar-refractivity contribution < 1.29 is 17.9 Å². The van der Waals surface area contributed by atoms with Gasteiger partial charge in [-0.05, 0) is 36.4 Å². The smallest absolute Gasteiger partial charge is 0.264 e. The lowest BCUT2D eigenvalue weighted by molar-refractivity contribution is 0.274. The Hall–Kier alpha value is -1.34. The van der Waals surface area contributed by atoms with E-state index in [4.69, 9.17) is 28.3 Å². The maximum Gasteiger partial charge on any atom is 0.264 e. The van der Waals surface area contributed by atoms with E-state index < -0.39 is 27.3 Å². The molecule has 0 aliphatic carbocycles. The largest absolute Gasteiger partial charge is 0.392 e. The molecule has 0 unspecified atom stereocenters. The average molecular weight is 350 g/mol. The van der Waals surface area contributed by atoms with Crippen LogP contribution in [0, 0.1) is 5.82 Å². The van der Waals surface area contributed by atoms with E-state index in [2.05, 4.69) is 4.72 Å². The fourth-order valence-electron chi connectivity index (χ4n) is 1.66. The maximum absolute atomic E-state index is 14.1. The molecule has 2 aromatic carbocycles. The number of nitrogens with one attached hydrogen (secondary N) is 1. The predicted molar refractivity (Wildman–Crippen MR) is 79.6 cm³/mol. The number of aliphatic hydroxyl groups is 1. The summed E-state index contributed by atoms with van der Waals surface area (Å²) >= 11 is 11.4. The van der Waals surface area contributed by atoms with E-state index in [0.29, 0.717) is 5.02 Å². The van der Waals surface area contributed by atoms with Crippen LogP contribution in [-0.4, -0.2) is 13.5 Å². The van der Waals surface area contributed by atoms with Gasteiger partial charge in [-0.15, -0.1) is 0 Å². The first-order chi connectivity index (χ1) is 9.83. The standard InChI is InChI=1S/C13H10Cl2FNO3S/c14-9-1-3-11(4-2-9)17-21(19,20)12-6-10(15)5-8(7-18)13(12)16/h1-6,17-18H,7H2. The first kappa shape index (κ1) is 16.0. The molecule has 0 atom stereocenters. The summed E-state index contributed by atoms with van der Waals surface area (Å²) in [6.07, 6.45) is 0. The summed E-state index contributed by atoms with van der Waals surface area (Å²) in [5, 5.41) is 9.48. The molecule has 4 nitrogen and oxygen atoms in total. The van der Waals surface area contributed by atoms with Gasteiger partial charge < -0.3 is 5.11 Å². The molecule has 0 aliphatic rings. The van der Waals surface area contributed by atoms with Gasteiger partial charge in [0.15, 0.2) is 0 Å². The number of rotatable bonds is 4. The topological polar surface area (TPSA) is 66.4 Å². The van der Waals surface area contributed by atoms with Gasteiger partial charge in [0.25, 0.3) is 10.0 Å². The SMILES string of the molecule is O=S(=O)(Nc1ccc(Cl)cc1)c1cc(Cl)cc(CO)c1F. The van der Waals surface area contributed by atoms with Crippen molar-refractivity contribution in [3.63, 3.8) is 0 Å². The molecule has 0 fully saturated rings. The van der Waals surface area contributed by atoms with Gasteiger partial charge in [-0.2, -0.15) is 0 Å². The summed E-state index contributed by atoms with van der Waals surface area (Å²) < 4.78 is 40.7. The molecular weight excluding hydrogens is 340 g/mol. The lowest BCUT2D eigenvalue weighted by Gasteiger charge is -2.11. The molecule has 0 saturated heterocycles. The first-order valence-corrected chi connectivity index (χ1v) is 7.94. The lowest BCUT2D eigenvalue weighted by atomic mass is 10.2. The molecule has 2 aromatic rings. The molecule has 0 saturated carbocycles. The van der Waals surface area contributed by atoms with Crippen LogP contribution in [0.1, 0.15) is 5.56 Å². The molecule has 0 radical (unpaired) electrons. The third-order valence-corrected chi connectivity index (χ3v) is 4.49. The van der Waals surface area contributed by atoms with E-state index in [1.165, 1.54) is 24.3 Å². The summed E-state index contributed by atoms with van der Waals surface area (Å²) in [5.74, 6) is -1.04. The minimum atomic E-state index is -4.18. The van der Waals surface area contributed by atoms with Crippen LogP contribution in [0.5, 0.6) is 0 Å². The van der Waals surface area contributed by atoms with Crippen LogP contribution in [-0.2, 0) is 16.6 Å². The van der Waals surface area contributed by atoms with Crippen LogP contribution in [0.3, 0.4) is 0 Å². The normalized spacial score (nSPS) is 11.4. The van der Waals surface area contributed by atoms with Crippen molar-refractivity contribution in [3.05, 3.63) is 57.8 Å². The number of halogens is 3. The van der Waals surface area contributed by atoms with E-state index in [0.717, 1.165) is 12.1 Å². The minimum Gasteiger partial charge on any atom is -0.392 e. The fourth-order valence-corrected chi connectivity index (χ4v) is 3.29. The highest BCUT2D eigenvalue weighted by Crippen LogP contribution is 2.26. The number of hydrogen-bond acceptors (Lipinski definition) is 3. The molecule has 8 heteroatoms. The summed E-state index contributed by atoms with van der Waals surface area (Å²) in [6, 6.07) is 8.01. The first-order valence-electron chi connectivity index (χ1n) is 5.70. The second-order valence-corrected chi connectivity index (χ2v) is 6.67. The van der Waals surface area contributed by atoms with E-state index in [1.54, 1.807) is 0 Å². The molecule has 0 aromatic heterocycles.